The minimum absolute atomic E-state index is 0.0457. The predicted octanol–water partition coefficient (Wildman–Crippen LogP) is 7.14. The molecule has 3 aromatic carbocycles. The molecule has 1 atom stereocenters. The van der Waals surface area contributed by atoms with E-state index in [1.54, 1.807) is 23.1 Å². The molecule has 5 heteroatoms. The fraction of sp³-hybridized carbons (Fsp3) is 0.429. The molecule has 4 nitrogen and oxygen atoms in total. The lowest BCUT2D eigenvalue weighted by Gasteiger charge is -2.33. The molecule has 1 aliphatic rings. The Kier molecular flexibility index (Phi) is 10.1. The molecule has 0 radical (unpaired) electrons. The number of carbonyl (C=O) groups excluding carboxylic acids is 2. The van der Waals surface area contributed by atoms with Gasteiger partial charge in [-0.15, -0.1) is 0 Å². The minimum atomic E-state index is -0.736. The number of halogens is 1. The highest BCUT2D eigenvalue weighted by atomic mass is 19.1. The number of nitrogens with one attached hydrogen (secondary N) is 1. The van der Waals surface area contributed by atoms with E-state index in [9.17, 15) is 14.0 Å². The molecule has 3 aromatic rings. The van der Waals surface area contributed by atoms with Crippen LogP contribution in [-0.2, 0) is 34.4 Å². The number of hydrogen-bond donors (Lipinski definition) is 1. The second-order valence-corrected chi connectivity index (χ2v) is 12.1. The normalized spacial score (nSPS) is 14.9. The molecule has 40 heavy (non-hydrogen) atoms. The monoisotopic (exact) mass is 542 g/mol. The highest BCUT2D eigenvalue weighted by molar-refractivity contribution is 5.88. The van der Waals surface area contributed by atoms with E-state index in [1.807, 2.05) is 30.3 Å². The maximum atomic E-state index is 14.8. The third-order valence-electron chi connectivity index (χ3n) is 7.97. The summed E-state index contributed by atoms with van der Waals surface area (Å²) in [4.78, 5) is 29.4. The number of rotatable bonds is 10. The summed E-state index contributed by atoms with van der Waals surface area (Å²) in [5.74, 6) is -0.679. The molecule has 0 heterocycles. The Morgan fingerprint density at radius 3 is 2.17 bits per heavy atom. The average molecular weight is 543 g/mol. The van der Waals surface area contributed by atoms with Gasteiger partial charge < -0.3 is 10.2 Å². The number of carbonyl (C=O) groups is 2. The van der Waals surface area contributed by atoms with Crippen LogP contribution in [0.2, 0.25) is 0 Å². The number of hydrogen-bond acceptors (Lipinski definition) is 2. The van der Waals surface area contributed by atoms with Crippen molar-refractivity contribution in [3.63, 3.8) is 0 Å². The summed E-state index contributed by atoms with van der Waals surface area (Å²) in [6.45, 7) is 6.58. The molecule has 1 fully saturated rings. The van der Waals surface area contributed by atoms with Crippen molar-refractivity contribution in [1.29, 1.82) is 0 Å². The molecular weight excluding hydrogens is 499 g/mol. The van der Waals surface area contributed by atoms with E-state index in [4.69, 9.17) is 0 Å². The summed E-state index contributed by atoms with van der Waals surface area (Å²) >= 11 is 0. The zero-order chi connectivity index (χ0) is 28.5. The Morgan fingerprint density at radius 1 is 0.875 bits per heavy atom. The van der Waals surface area contributed by atoms with Crippen LogP contribution in [0.1, 0.15) is 81.5 Å². The van der Waals surface area contributed by atoms with Crippen LogP contribution in [-0.4, -0.2) is 28.8 Å². The molecule has 4 rings (SSSR count). The SMILES string of the molecule is CC(C)(C)c1ccc(CCC(=O)N(Cc2ccccc2F)[C@H](Cc2ccccc2)C(=O)NC2CCCCC2)cc1. The summed E-state index contributed by atoms with van der Waals surface area (Å²) in [7, 11) is 0. The van der Waals surface area contributed by atoms with Gasteiger partial charge in [0.25, 0.3) is 0 Å². The zero-order valence-corrected chi connectivity index (χ0v) is 24.2. The van der Waals surface area contributed by atoms with Crippen LogP contribution < -0.4 is 5.32 Å². The lowest BCUT2D eigenvalue weighted by atomic mass is 9.86. The van der Waals surface area contributed by atoms with E-state index >= 15 is 0 Å². The van der Waals surface area contributed by atoms with Gasteiger partial charge in [0.15, 0.2) is 0 Å². The van der Waals surface area contributed by atoms with Crippen LogP contribution in [0.5, 0.6) is 0 Å². The van der Waals surface area contributed by atoms with Gasteiger partial charge in [0.1, 0.15) is 11.9 Å². The first kappa shape index (κ1) is 29.5. The largest absolute Gasteiger partial charge is 0.352 e. The molecule has 1 saturated carbocycles. The first-order chi connectivity index (χ1) is 19.2. The van der Waals surface area contributed by atoms with E-state index in [0.717, 1.165) is 36.8 Å². The minimum Gasteiger partial charge on any atom is -0.352 e. The quantitative estimate of drug-likeness (QED) is 0.296. The topological polar surface area (TPSA) is 49.4 Å². The summed E-state index contributed by atoms with van der Waals surface area (Å²) in [5.41, 5.74) is 3.75. The molecule has 0 saturated heterocycles. The summed E-state index contributed by atoms with van der Waals surface area (Å²) in [6, 6.07) is 24.0. The maximum absolute atomic E-state index is 14.8. The van der Waals surface area contributed by atoms with E-state index in [1.165, 1.54) is 18.1 Å². The number of amides is 2. The molecule has 0 spiro atoms. The smallest absolute Gasteiger partial charge is 0.243 e. The Morgan fingerprint density at radius 2 is 1.52 bits per heavy atom. The van der Waals surface area contributed by atoms with Crippen LogP contribution in [0.4, 0.5) is 4.39 Å². The molecule has 1 aliphatic carbocycles. The predicted molar refractivity (Wildman–Crippen MR) is 159 cm³/mol. The highest BCUT2D eigenvalue weighted by Gasteiger charge is 2.32. The van der Waals surface area contributed by atoms with Crippen molar-refractivity contribution >= 4 is 11.8 Å². The lowest BCUT2D eigenvalue weighted by molar-refractivity contribution is -0.141. The van der Waals surface area contributed by atoms with Crippen molar-refractivity contribution < 1.29 is 14.0 Å². The molecule has 0 aliphatic heterocycles. The van der Waals surface area contributed by atoms with Crippen molar-refractivity contribution in [1.82, 2.24) is 10.2 Å². The van der Waals surface area contributed by atoms with E-state index in [-0.39, 0.29) is 42.1 Å². The van der Waals surface area contributed by atoms with E-state index in [2.05, 4.69) is 50.4 Å². The van der Waals surface area contributed by atoms with Gasteiger partial charge in [-0.1, -0.05) is 113 Å². The first-order valence-electron chi connectivity index (χ1n) is 14.7. The third kappa shape index (κ3) is 8.27. The molecule has 2 amide bonds. The molecule has 0 aromatic heterocycles. The van der Waals surface area contributed by atoms with Gasteiger partial charge in [-0.25, -0.2) is 4.39 Å². The molecule has 1 N–H and O–H groups in total. The van der Waals surface area contributed by atoms with Crippen LogP contribution in [0, 0.1) is 5.82 Å². The van der Waals surface area contributed by atoms with Gasteiger partial charge in [-0.05, 0) is 47.4 Å². The van der Waals surface area contributed by atoms with Gasteiger partial charge >= 0.3 is 0 Å². The first-order valence-corrected chi connectivity index (χ1v) is 14.7. The number of aryl methyl sites for hydroxylation is 1. The fourth-order valence-corrected chi connectivity index (χ4v) is 5.47. The Balaban J connectivity index is 1.59. The summed E-state index contributed by atoms with van der Waals surface area (Å²) in [6.07, 6.45) is 6.46. The standard InChI is InChI=1S/C35H43FN2O2/c1-35(2,3)29-21-18-26(19-22-29)20-23-33(39)38(25-28-14-10-11-17-31(28)36)32(24-27-12-6-4-7-13-27)34(40)37-30-15-8-5-9-16-30/h4,6-7,10-14,17-19,21-22,30,32H,5,8-9,15-16,20,23-25H2,1-3H3,(H,37,40)/t32-/m1/s1. The van der Waals surface area contributed by atoms with Crippen LogP contribution in [0.25, 0.3) is 0 Å². The van der Waals surface area contributed by atoms with Gasteiger partial charge in [0, 0.05) is 31.0 Å². The number of nitrogens with zero attached hydrogens (tertiary/aromatic N) is 1. The Hall–Kier alpha value is -3.47. The van der Waals surface area contributed by atoms with Gasteiger partial charge in [-0.2, -0.15) is 0 Å². The number of benzene rings is 3. The van der Waals surface area contributed by atoms with Crippen LogP contribution in [0.3, 0.4) is 0 Å². The average Bonchev–Trinajstić information content (AvgIpc) is 2.95. The van der Waals surface area contributed by atoms with Crippen molar-refractivity contribution in [2.24, 2.45) is 0 Å². The van der Waals surface area contributed by atoms with Crippen LogP contribution >= 0.6 is 0 Å². The van der Waals surface area contributed by atoms with Gasteiger partial charge in [0.05, 0.1) is 0 Å². The molecule has 0 unspecified atom stereocenters. The molecule has 0 bridgehead atoms. The van der Waals surface area contributed by atoms with Crippen molar-refractivity contribution in [3.8, 4) is 0 Å². The van der Waals surface area contributed by atoms with Gasteiger partial charge in [-0.3, -0.25) is 9.59 Å². The summed E-state index contributed by atoms with van der Waals surface area (Å²) < 4.78 is 14.8. The van der Waals surface area contributed by atoms with E-state index < -0.39 is 6.04 Å². The highest BCUT2D eigenvalue weighted by Crippen LogP contribution is 2.24. The van der Waals surface area contributed by atoms with Crippen molar-refractivity contribution in [3.05, 3.63) is 107 Å². The third-order valence-corrected chi connectivity index (χ3v) is 7.97. The fourth-order valence-electron chi connectivity index (χ4n) is 5.47. The second-order valence-electron chi connectivity index (χ2n) is 12.1. The zero-order valence-electron chi connectivity index (χ0n) is 24.2. The molecular formula is C35H43FN2O2. The Labute approximate surface area is 239 Å². The second kappa shape index (κ2) is 13.7. The Bertz CT molecular complexity index is 1240. The van der Waals surface area contributed by atoms with Crippen molar-refractivity contribution in [2.45, 2.75) is 96.2 Å². The van der Waals surface area contributed by atoms with E-state index in [0.29, 0.717) is 18.4 Å². The van der Waals surface area contributed by atoms with Crippen LogP contribution in [0.15, 0.2) is 78.9 Å². The summed E-state index contributed by atoms with van der Waals surface area (Å²) in [5, 5.41) is 3.24. The van der Waals surface area contributed by atoms with Crippen molar-refractivity contribution in [2.75, 3.05) is 0 Å². The molecule has 212 valence electrons. The lowest BCUT2D eigenvalue weighted by Crippen LogP contribution is -2.53. The van der Waals surface area contributed by atoms with Gasteiger partial charge in [0.2, 0.25) is 11.8 Å². The maximum Gasteiger partial charge on any atom is 0.243 e.